The van der Waals surface area contributed by atoms with Crippen LogP contribution in [0.5, 0.6) is 0 Å². The largest absolute Gasteiger partial charge is 0.772 e. The number of esters is 1. The average molecular weight is 472 g/mol. The minimum Gasteiger partial charge on any atom is -0.772 e. The number of carbonyl (C=O) groups is 2. The molecule has 0 fully saturated rings. The van der Waals surface area contributed by atoms with E-state index >= 15 is 0 Å². The second-order valence-electron chi connectivity index (χ2n) is 7.20. The van der Waals surface area contributed by atoms with Crippen molar-refractivity contribution in [2.75, 3.05) is 12.4 Å². The van der Waals surface area contributed by atoms with Gasteiger partial charge in [0.05, 0.1) is 18.4 Å². The molecular formula is C23H23N2O5S2-. The Morgan fingerprint density at radius 1 is 1.03 bits per heavy atom. The fourth-order valence-corrected chi connectivity index (χ4v) is 4.74. The Hall–Kier alpha value is -2.88. The topological polar surface area (TPSA) is 108 Å². The molecule has 0 radical (unpaired) electrons. The van der Waals surface area contributed by atoms with E-state index in [1.165, 1.54) is 25.4 Å². The molecule has 168 valence electrons. The Kier molecular flexibility index (Phi) is 8.26. The highest BCUT2D eigenvalue weighted by Gasteiger charge is 2.14. The second kappa shape index (κ2) is 11.1. The summed E-state index contributed by atoms with van der Waals surface area (Å²) in [6.45, 7) is 1.45. The molecule has 1 amide bonds. The third kappa shape index (κ3) is 6.81. The first-order chi connectivity index (χ1) is 15.3. The van der Waals surface area contributed by atoms with Crippen LogP contribution in [0.25, 0.3) is 0 Å². The molecule has 32 heavy (non-hydrogen) atoms. The van der Waals surface area contributed by atoms with Crippen LogP contribution >= 0.6 is 11.3 Å². The van der Waals surface area contributed by atoms with Crippen molar-refractivity contribution in [3.05, 3.63) is 81.4 Å². The van der Waals surface area contributed by atoms with Gasteiger partial charge < -0.3 is 14.6 Å². The summed E-state index contributed by atoms with van der Waals surface area (Å²) in [5.74, 6) is -0.552. The van der Waals surface area contributed by atoms with Crippen LogP contribution in [-0.4, -0.2) is 32.7 Å². The number of nitrogens with zero attached hydrogens (tertiary/aromatic N) is 1. The van der Waals surface area contributed by atoms with Crippen molar-refractivity contribution < 1.29 is 23.1 Å². The summed E-state index contributed by atoms with van der Waals surface area (Å²) in [5, 5.41) is 3.31. The Bertz CT molecular complexity index is 1110. The molecule has 0 aliphatic rings. The monoisotopic (exact) mass is 471 g/mol. The summed E-state index contributed by atoms with van der Waals surface area (Å²) in [5.41, 5.74) is 4.24. The summed E-state index contributed by atoms with van der Waals surface area (Å²) in [7, 11) is 1.35. The van der Waals surface area contributed by atoms with Crippen LogP contribution in [0.4, 0.5) is 5.13 Å². The van der Waals surface area contributed by atoms with E-state index in [4.69, 9.17) is 4.74 Å². The molecule has 0 spiro atoms. The lowest BCUT2D eigenvalue weighted by Gasteiger charge is -2.07. The van der Waals surface area contributed by atoms with Crippen molar-refractivity contribution in [1.82, 2.24) is 4.98 Å². The number of amides is 1. The maximum absolute atomic E-state index is 11.6. The third-order valence-electron chi connectivity index (χ3n) is 4.76. The molecular weight excluding hydrogens is 448 g/mol. The SMILES string of the molecule is COC(=O)c1ccc(CCc2nc(NC(C)=O)sc2Cc2ccc(CS(=O)[O-])cc2)cc1. The van der Waals surface area contributed by atoms with Crippen LogP contribution in [0.2, 0.25) is 0 Å². The zero-order chi connectivity index (χ0) is 23.1. The summed E-state index contributed by atoms with van der Waals surface area (Å²) in [6, 6.07) is 14.7. The number of aromatic nitrogens is 1. The maximum Gasteiger partial charge on any atom is 0.337 e. The highest BCUT2D eigenvalue weighted by atomic mass is 32.2. The van der Waals surface area contributed by atoms with Crippen LogP contribution in [0, 0.1) is 0 Å². The van der Waals surface area contributed by atoms with Crippen LogP contribution in [0.3, 0.4) is 0 Å². The second-order valence-corrected chi connectivity index (χ2v) is 9.18. The van der Waals surface area contributed by atoms with Crippen molar-refractivity contribution >= 4 is 39.4 Å². The lowest BCUT2D eigenvalue weighted by molar-refractivity contribution is -0.114. The van der Waals surface area contributed by atoms with Gasteiger partial charge in [0.15, 0.2) is 5.13 Å². The Balaban J connectivity index is 1.74. The molecule has 3 rings (SSSR count). The van der Waals surface area contributed by atoms with E-state index in [1.54, 1.807) is 12.1 Å². The number of nitrogens with one attached hydrogen (secondary N) is 1. The number of ether oxygens (including phenoxy) is 1. The molecule has 1 unspecified atom stereocenters. The molecule has 9 heteroatoms. The number of rotatable bonds is 9. The molecule has 1 aromatic heterocycles. The van der Waals surface area contributed by atoms with E-state index in [0.29, 0.717) is 23.5 Å². The zero-order valence-electron chi connectivity index (χ0n) is 17.8. The lowest BCUT2D eigenvalue weighted by atomic mass is 10.0. The number of aryl methyl sites for hydroxylation is 2. The van der Waals surface area contributed by atoms with Gasteiger partial charge in [-0.15, -0.1) is 11.3 Å². The molecule has 0 saturated carbocycles. The number of hydrogen-bond donors (Lipinski definition) is 1. The molecule has 3 aromatic rings. The zero-order valence-corrected chi connectivity index (χ0v) is 19.4. The molecule has 2 aromatic carbocycles. The molecule has 0 saturated heterocycles. The Morgan fingerprint density at radius 3 is 2.25 bits per heavy atom. The number of anilines is 1. The van der Waals surface area contributed by atoms with Gasteiger partial charge in [0.1, 0.15) is 0 Å². The van der Waals surface area contributed by atoms with E-state index in [2.05, 4.69) is 10.3 Å². The number of carbonyl (C=O) groups excluding carboxylic acids is 2. The fourth-order valence-electron chi connectivity index (χ4n) is 3.18. The lowest BCUT2D eigenvalue weighted by Crippen LogP contribution is -2.05. The summed E-state index contributed by atoms with van der Waals surface area (Å²) in [6.07, 6.45) is 2.04. The molecule has 1 heterocycles. The molecule has 1 atom stereocenters. The predicted molar refractivity (Wildman–Crippen MR) is 123 cm³/mol. The summed E-state index contributed by atoms with van der Waals surface area (Å²) < 4.78 is 26.5. The smallest absolute Gasteiger partial charge is 0.337 e. The van der Waals surface area contributed by atoms with Gasteiger partial charge >= 0.3 is 5.97 Å². The van der Waals surface area contributed by atoms with Crippen molar-refractivity contribution in [3.63, 3.8) is 0 Å². The van der Waals surface area contributed by atoms with Gasteiger partial charge in [-0.25, -0.2) is 9.78 Å². The number of methoxy groups -OCH3 is 1. The van der Waals surface area contributed by atoms with Crippen molar-refractivity contribution in [3.8, 4) is 0 Å². The fraction of sp³-hybridized carbons (Fsp3) is 0.261. The molecule has 1 N–H and O–H groups in total. The van der Waals surface area contributed by atoms with Gasteiger partial charge in [-0.05, 0) is 41.7 Å². The number of benzene rings is 2. The van der Waals surface area contributed by atoms with E-state index in [-0.39, 0.29) is 17.6 Å². The van der Waals surface area contributed by atoms with E-state index < -0.39 is 11.1 Å². The quantitative estimate of drug-likeness (QED) is 0.377. The summed E-state index contributed by atoms with van der Waals surface area (Å²) >= 11 is -0.678. The Morgan fingerprint density at radius 2 is 1.66 bits per heavy atom. The first-order valence-corrected chi connectivity index (χ1v) is 12.0. The first-order valence-electron chi connectivity index (χ1n) is 9.91. The van der Waals surface area contributed by atoms with Crippen LogP contribution in [0.15, 0.2) is 48.5 Å². The molecule has 0 aliphatic carbocycles. The van der Waals surface area contributed by atoms with E-state index in [0.717, 1.165) is 33.7 Å². The minimum atomic E-state index is -2.12. The number of hydrogen-bond acceptors (Lipinski definition) is 7. The van der Waals surface area contributed by atoms with Crippen molar-refractivity contribution in [2.24, 2.45) is 0 Å². The third-order valence-corrected chi connectivity index (χ3v) is 6.34. The molecule has 7 nitrogen and oxygen atoms in total. The highest BCUT2D eigenvalue weighted by Crippen LogP contribution is 2.27. The van der Waals surface area contributed by atoms with Gasteiger partial charge in [0, 0.05) is 24.0 Å². The van der Waals surface area contributed by atoms with E-state index in [1.807, 2.05) is 36.4 Å². The van der Waals surface area contributed by atoms with Crippen LogP contribution in [0.1, 0.15) is 44.5 Å². The maximum atomic E-state index is 11.6. The van der Waals surface area contributed by atoms with Crippen LogP contribution < -0.4 is 5.32 Å². The van der Waals surface area contributed by atoms with Gasteiger partial charge in [0.25, 0.3) is 0 Å². The highest BCUT2D eigenvalue weighted by molar-refractivity contribution is 7.78. The summed E-state index contributed by atoms with van der Waals surface area (Å²) in [4.78, 5) is 28.7. The van der Waals surface area contributed by atoms with Crippen molar-refractivity contribution in [1.29, 1.82) is 0 Å². The average Bonchev–Trinajstić information content (AvgIpc) is 3.13. The standard InChI is InChI=1S/C23H24N2O5S2/c1-15(26)24-23-25-20(12-9-16-7-10-19(11-8-16)22(27)30-2)21(31-23)13-17-3-5-18(6-4-17)14-32(28)29/h3-8,10-11H,9,12-14H2,1-2H3,(H,28,29)(H,24,25,26)/p-1. The first kappa shape index (κ1) is 23.8. The van der Waals surface area contributed by atoms with Crippen molar-refractivity contribution in [2.45, 2.75) is 31.9 Å². The predicted octanol–water partition coefficient (Wildman–Crippen LogP) is 3.64. The Labute approximate surface area is 193 Å². The number of thiazole rings is 1. The van der Waals surface area contributed by atoms with Gasteiger partial charge in [-0.3, -0.25) is 9.00 Å². The van der Waals surface area contributed by atoms with Crippen LogP contribution in [-0.2, 0) is 45.6 Å². The minimum absolute atomic E-state index is 0.00641. The molecule has 0 aliphatic heterocycles. The molecule has 0 bridgehead atoms. The van der Waals surface area contributed by atoms with Gasteiger partial charge in [-0.1, -0.05) is 47.5 Å². The van der Waals surface area contributed by atoms with Gasteiger partial charge in [-0.2, -0.15) is 0 Å². The van der Waals surface area contributed by atoms with E-state index in [9.17, 15) is 18.4 Å². The normalized spacial score (nSPS) is 11.7. The van der Waals surface area contributed by atoms with Gasteiger partial charge in [0.2, 0.25) is 5.91 Å².